The van der Waals surface area contributed by atoms with E-state index in [1.54, 1.807) is 16.2 Å². The van der Waals surface area contributed by atoms with Gasteiger partial charge in [0.2, 0.25) is 11.8 Å². The Balaban J connectivity index is 2.12. The molecule has 110 valence electrons. The molecule has 1 saturated heterocycles. The highest BCUT2D eigenvalue weighted by atomic mass is 32.1. The lowest BCUT2D eigenvalue weighted by atomic mass is 9.99. The predicted molar refractivity (Wildman–Crippen MR) is 80.6 cm³/mol. The number of hydrogen-bond donors (Lipinski definition) is 1. The molecule has 2 heterocycles. The van der Waals surface area contributed by atoms with E-state index in [9.17, 15) is 9.59 Å². The molecule has 2 amide bonds. The summed E-state index contributed by atoms with van der Waals surface area (Å²) < 4.78 is 0. The number of aryl methyl sites for hydroxylation is 1. The second-order valence-electron chi connectivity index (χ2n) is 5.41. The van der Waals surface area contributed by atoms with Crippen LogP contribution in [0.25, 0.3) is 0 Å². The maximum absolute atomic E-state index is 12.4. The smallest absolute Gasteiger partial charge is 0.240 e. The molecule has 1 aliphatic heterocycles. The van der Waals surface area contributed by atoms with E-state index in [4.69, 9.17) is 5.73 Å². The maximum Gasteiger partial charge on any atom is 0.240 e. The van der Waals surface area contributed by atoms with Crippen molar-refractivity contribution in [3.8, 4) is 0 Å². The Labute approximate surface area is 124 Å². The summed E-state index contributed by atoms with van der Waals surface area (Å²) in [6, 6.07) is 3.77. The van der Waals surface area contributed by atoms with Crippen LogP contribution in [-0.2, 0) is 9.59 Å². The van der Waals surface area contributed by atoms with Crippen molar-refractivity contribution in [3.63, 3.8) is 0 Å². The topological polar surface area (TPSA) is 63.4 Å². The van der Waals surface area contributed by atoms with Gasteiger partial charge in [0, 0.05) is 28.6 Å². The lowest BCUT2D eigenvalue weighted by Crippen LogP contribution is -2.47. The Morgan fingerprint density at radius 1 is 1.55 bits per heavy atom. The molecule has 0 radical (unpaired) electrons. The molecule has 20 heavy (non-hydrogen) atoms. The van der Waals surface area contributed by atoms with Crippen molar-refractivity contribution in [2.24, 2.45) is 5.73 Å². The average Bonchev–Trinajstić information content (AvgIpc) is 2.73. The maximum atomic E-state index is 12.4. The molecule has 2 atom stereocenters. The highest BCUT2D eigenvalue weighted by Gasteiger charge is 2.31. The predicted octanol–water partition coefficient (Wildman–Crippen LogP) is 2.42. The first-order valence-corrected chi connectivity index (χ1v) is 7.99. The van der Waals surface area contributed by atoms with Gasteiger partial charge < -0.3 is 10.6 Å². The van der Waals surface area contributed by atoms with Gasteiger partial charge >= 0.3 is 0 Å². The number of rotatable bonds is 4. The molecule has 0 bridgehead atoms. The van der Waals surface area contributed by atoms with Crippen LogP contribution >= 0.6 is 11.3 Å². The van der Waals surface area contributed by atoms with Gasteiger partial charge in [-0.25, -0.2) is 0 Å². The van der Waals surface area contributed by atoms with E-state index < -0.39 is 11.9 Å². The van der Waals surface area contributed by atoms with E-state index in [0.717, 1.165) is 12.8 Å². The molecule has 0 aromatic carbocycles. The van der Waals surface area contributed by atoms with E-state index in [0.29, 0.717) is 19.4 Å². The average molecular weight is 294 g/mol. The number of carbonyl (C=O) groups excluding carboxylic acids is 2. The number of nitrogens with two attached hydrogens (primary N) is 1. The van der Waals surface area contributed by atoms with Gasteiger partial charge in [0.05, 0.1) is 0 Å². The zero-order chi connectivity index (χ0) is 14.7. The number of hydrogen-bond acceptors (Lipinski definition) is 3. The molecular weight excluding hydrogens is 272 g/mol. The van der Waals surface area contributed by atoms with Crippen LogP contribution in [0.2, 0.25) is 0 Å². The van der Waals surface area contributed by atoms with Gasteiger partial charge in [-0.3, -0.25) is 9.59 Å². The van der Waals surface area contributed by atoms with E-state index in [2.05, 4.69) is 19.1 Å². The number of primary amides is 1. The van der Waals surface area contributed by atoms with Gasteiger partial charge in [-0.2, -0.15) is 0 Å². The summed E-state index contributed by atoms with van der Waals surface area (Å²) in [5.74, 6) is -0.0490. The fourth-order valence-corrected chi connectivity index (χ4v) is 3.90. The number of carbonyl (C=O) groups is 2. The number of likely N-dealkylation sites (tertiary alicyclic amines) is 1. The summed E-state index contributed by atoms with van der Waals surface area (Å²) in [4.78, 5) is 28.1. The van der Waals surface area contributed by atoms with Gasteiger partial charge in [0.1, 0.15) is 6.04 Å². The quantitative estimate of drug-likeness (QED) is 0.927. The first-order chi connectivity index (χ1) is 9.52. The molecule has 0 saturated carbocycles. The van der Waals surface area contributed by atoms with Crippen LogP contribution in [0.15, 0.2) is 12.1 Å². The molecule has 5 heteroatoms. The zero-order valence-corrected chi connectivity index (χ0v) is 12.9. The van der Waals surface area contributed by atoms with E-state index >= 15 is 0 Å². The largest absolute Gasteiger partial charge is 0.368 e. The van der Waals surface area contributed by atoms with Crippen LogP contribution in [0.3, 0.4) is 0 Å². The Morgan fingerprint density at radius 3 is 2.85 bits per heavy atom. The van der Waals surface area contributed by atoms with Crippen molar-refractivity contribution >= 4 is 23.2 Å². The van der Waals surface area contributed by atoms with Gasteiger partial charge in [-0.15, -0.1) is 11.3 Å². The summed E-state index contributed by atoms with van der Waals surface area (Å²) in [5.41, 5.74) is 5.41. The third-order valence-electron chi connectivity index (χ3n) is 3.95. The number of thiophene rings is 1. The standard InChI is InChI=1S/C15H22N2O2S/c1-3-12(15(16)19)17-8-4-5-11(9-14(17)18)13-7-6-10(2)20-13/h6-7,11-12H,3-5,8-9H2,1-2H3,(H2,16,19). The second-order valence-corrected chi connectivity index (χ2v) is 6.72. The molecule has 0 aliphatic carbocycles. The van der Waals surface area contributed by atoms with Gasteiger partial charge in [-0.05, 0) is 38.3 Å². The second kappa shape index (κ2) is 6.39. The van der Waals surface area contributed by atoms with E-state index in [-0.39, 0.29) is 11.8 Å². The van der Waals surface area contributed by atoms with Crippen LogP contribution in [0.5, 0.6) is 0 Å². The van der Waals surface area contributed by atoms with Crippen molar-refractivity contribution < 1.29 is 9.59 Å². The Kier molecular flexibility index (Phi) is 4.81. The van der Waals surface area contributed by atoms with Gasteiger partial charge in [0.15, 0.2) is 0 Å². The van der Waals surface area contributed by atoms with Crippen LogP contribution in [0.1, 0.15) is 48.3 Å². The molecule has 1 aromatic heterocycles. The minimum atomic E-state index is -0.452. The third kappa shape index (κ3) is 3.20. The van der Waals surface area contributed by atoms with E-state index in [1.807, 2.05) is 6.92 Å². The summed E-state index contributed by atoms with van der Waals surface area (Å²) in [5, 5.41) is 0. The van der Waals surface area contributed by atoms with Crippen LogP contribution < -0.4 is 5.73 Å². The molecule has 0 spiro atoms. The van der Waals surface area contributed by atoms with Crippen LogP contribution in [0.4, 0.5) is 0 Å². The monoisotopic (exact) mass is 294 g/mol. The lowest BCUT2D eigenvalue weighted by Gasteiger charge is -2.27. The molecule has 2 rings (SSSR count). The number of nitrogens with zero attached hydrogens (tertiary/aromatic N) is 1. The SMILES string of the molecule is CCC(C(N)=O)N1CCCC(c2ccc(C)s2)CC1=O. The number of amides is 2. The molecule has 2 N–H and O–H groups in total. The molecule has 2 unspecified atom stereocenters. The van der Waals surface area contributed by atoms with Crippen molar-refractivity contribution in [1.29, 1.82) is 0 Å². The Bertz CT molecular complexity index is 498. The summed E-state index contributed by atoms with van der Waals surface area (Å²) in [6.45, 7) is 4.62. The van der Waals surface area contributed by atoms with Crippen LogP contribution in [0, 0.1) is 6.92 Å². The van der Waals surface area contributed by atoms with Gasteiger partial charge in [0.25, 0.3) is 0 Å². The minimum absolute atomic E-state index is 0.0594. The highest BCUT2D eigenvalue weighted by Crippen LogP contribution is 2.33. The molecular formula is C15H22N2O2S. The fraction of sp³-hybridized carbons (Fsp3) is 0.600. The molecule has 1 aromatic rings. The Morgan fingerprint density at radius 2 is 2.30 bits per heavy atom. The first kappa shape index (κ1) is 15.0. The summed E-state index contributed by atoms with van der Waals surface area (Å²) >= 11 is 1.76. The zero-order valence-electron chi connectivity index (χ0n) is 12.1. The van der Waals surface area contributed by atoms with Crippen molar-refractivity contribution in [2.45, 2.75) is 51.5 Å². The fourth-order valence-electron chi connectivity index (χ4n) is 2.88. The summed E-state index contributed by atoms with van der Waals surface area (Å²) in [6.07, 6.45) is 3.00. The summed E-state index contributed by atoms with van der Waals surface area (Å²) in [7, 11) is 0. The molecule has 1 fully saturated rings. The normalized spacial score (nSPS) is 21.6. The van der Waals surface area contributed by atoms with E-state index in [1.165, 1.54) is 9.75 Å². The third-order valence-corrected chi connectivity index (χ3v) is 5.11. The van der Waals surface area contributed by atoms with Crippen molar-refractivity contribution in [2.75, 3.05) is 6.54 Å². The molecule has 4 nitrogen and oxygen atoms in total. The van der Waals surface area contributed by atoms with Crippen LogP contribution in [-0.4, -0.2) is 29.3 Å². The van der Waals surface area contributed by atoms with Gasteiger partial charge in [-0.1, -0.05) is 6.92 Å². The minimum Gasteiger partial charge on any atom is -0.368 e. The highest BCUT2D eigenvalue weighted by molar-refractivity contribution is 7.12. The van der Waals surface area contributed by atoms with Crippen molar-refractivity contribution in [3.05, 3.63) is 21.9 Å². The van der Waals surface area contributed by atoms with Crippen molar-refractivity contribution in [1.82, 2.24) is 4.90 Å². The lowest BCUT2D eigenvalue weighted by molar-refractivity contribution is -0.139. The Hall–Kier alpha value is -1.36. The molecule has 1 aliphatic rings. The first-order valence-electron chi connectivity index (χ1n) is 7.18.